The predicted octanol–water partition coefficient (Wildman–Crippen LogP) is 2.49. The van der Waals surface area contributed by atoms with E-state index in [2.05, 4.69) is 0 Å². The zero-order chi connectivity index (χ0) is 16.2. The summed E-state index contributed by atoms with van der Waals surface area (Å²) in [6, 6.07) is 4.46. The third-order valence-corrected chi connectivity index (χ3v) is 4.09. The molecule has 21 heavy (non-hydrogen) atoms. The van der Waals surface area contributed by atoms with Gasteiger partial charge in [0.15, 0.2) is 0 Å². The van der Waals surface area contributed by atoms with Crippen LogP contribution in [0.25, 0.3) is 0 Å². The van der Waals surface area contributed by atoms with E-state index in [4.69, 9.17) is 9.88 Å². The minimum absolute atomic E-state index is 0.0176. The lowest BCUT2D eigenvalue weighted by molar-refractivity contribution is 0.0299. The van der Waals surface area contributed by atoms with Crippen LogP contribution in [0.3, 0.4) is 0 Å². The number of nitrogens with two attached hydrogens (primary N) is 1. The summed E-state index contributed by atoms with van der Waals surface area (Å²) in [5.74, 6) is -0.119. The minimum Gasteiger partial charge on any atom is -0.459 e. The highest BCUT2D eigenvalue weighted by Crippen LogP contribution is 2.19. The van der Waals surface area contributed by atoms with Crippen LogP contribution in [0.15, 0.2) is 23.1 Å². The van der Waals surface area contributed by atoms with Crippen LogP contribution in [0.5, 0.6) is 0 Å². The van der Waals surface area contributed by atoms with Crippen LogP contribution in [0.4, 0.5) is 0 Å². The summed E-state index contributed by atoms with van der Waals surface area (Å²) in [5, 5.41) is 5.19. The first-order valence-corrected chi connectivity index (χ1v) is 8.56. The van der Waals surface area contributed by atoms with E-state index in [1.165, 1.54) is 6.07 Å². The van der Waals surface area contributed by atoms with Crippen LogP contribution >= 0.6 is 0 Å². The normalized spacial score (nSPS) is 13.2. The summed E-state index contributed by atoms with van der Waals surface area (Å²) in [4.78, 5) is 12.0. The molecule has 6 heteroatoms. The van der Waals surface area contributed by atoms with Gasteiger partial charge < -0.3 is 4.74 Å². The molecule has 1 aromatic rings. The average Bonchev–Trinajstić information content (AvgIpc) is 2.35. The molecular weight excluding hydrogens is 290 g/mol. The Balaban J connectivity index is 3.02. The van der Waals surface area contributed by atoms with E-state index in [0.29, 0.717) is 17.9 Å². The van der Waals surface area contributed by atoms with Crippen LogP contribution in [0.1, 0.15) is 50.0 Å². The molecule has 1 unspecified atom stereocenters. The molecule has 0 bridgehead atoms. The number of primary sulfonamides is 1. The number of ether oxygens (including phenoxy) is 1. The molecule has 1 rings (SSSR count). The van der Waals surface area contributed by atoms with Crippen molar-refractivity contribution in [2.75, 3.05) is 0 Å². The predicted molar refractivity (Wildman–Crippen MR) is 81.5 cm³/mol. The topological polar surface area (TPSA) is 86.5 Å². The molecule has 0 saturated heterocycles. The fraction of sp³-hybridized carbons (Fsp3) is 0.533. The summed E-state index contributed by atoms with van der Waals surface area (Å²) in [7, 11) is -3.86. The summed E-state index contributed by atoms with van der Waals surface area (Å²) in [6.45, 7) is 7.73. The second-order valence-electron chi connectivity index (χ2n) is 5.57. The van der Waals surface area contributed by atoms with Gasteiger partial charge in [0.05, 0.1) is 16.6 Å². The van der Waals surface area contributed by atoms with Gasteiger partial charge in [0, 0.05) is 0 Å². The maximum atomic E-state index is 12.1. The molecule has 0 aliphatic carbocycles. The third kappa shape index (κ3) is 5.13. The van der Waals surface area contributed by atoms with Crippen molar-refractivity contribution in [1.82, 2.24) is 0 Å². The van der Waals surface area contributed by atoms with Crippen LogP contribution in [-0.2, 0) is 21.2 Å². The number of hydrogen-bond donors (Lipinski definition) is 1. The Hall–Kier alpha value is -1.40. The van der Waals surface area contributed by atoms with Crippen LogP contribution in [-0.4, -0.2) is 20.5 Å². The number of carbonyl (C=O) groups excluding carboxylic acids is 1. The molecule has 0 aromatic heterocycles. The molecule has 118 valence electrons. The summed E-state index contributed by atoms with van der Waals surface area (Å²) < 4.78 is 28.5. The first-order chi connectivity index (χ1) is 9.65. The van der Waals surface area contributed by atoms with Gasteiger partial charge in [-0.1, -0.05) is 26.8 Å². The molecule has 0 saturated carbocycles. The summed E-state index contributed by atoms with van der Waals surface area (Å²) >= 11 is 0. The third-order valence-electron chi connectivity index (χ3n) is 3.10. The second-order valence-corrected chi connectivity index (χ2v) is 7.10. The average molecular weight is 313 g/mol. The van der Waals surface area contributed by atoms with Gasteiger partial charge in [-0.2, -0.15) is 0 Å². The molecule has 0 spiro atoms. The smallest absolute Gasteiger partial charge is 0.338 e. The van der Waals surface area contributed by atoms with E-state index in [0.717, 1.165) is 6.42 Å². The Morgan fingerprint density at radius 1 is 1.29 bits per heavy atom. The molecular formula is C15H23NO4S. The fourth-order valence-corrected chi connectivity index (χ4v) is 3.07. The molecule has 5 nitrogen and oxygen atoms in total. The SMILES string of the molecule is CCc1ccc(C(=O)OC(C)CC(C)C)cc1S(N)(=O)=O. The lowest BCUT2D eigenvalue weighted by Crippen LogP contribution is -2.19. The highest BCUT2D eigenvalue weighted by atomic mass is 32.2. The molecule has 0 amide bonds. The van der Waals surface area contributed by atoms with Gasteiger partial charge >= 0.3 is 5.97 Å². The van der Waals surface area contributed by atoms with E-state index in [1.807, 2.05) is 27.7 Å². The van der Waals surface area contributed by atoms with Crippen molar-refractivity contribution in [3.63, 3.8) is 0 Å². The Morgan fingerprint density at radius 2 is 1.90 bits per heavy atom. The molecule has 0 aliphatic heterocycles. The molecule has 0 fully saturated rings. The van der Waals surface area contributed by atoms with Crippen molar-refractivity contribution >= 4 is 16.0 Å². The van der Waals surface area contributed by atoms with Gasteiger partial charge in [-0.3, -0.25) is 0 Å². The minimum atomic E-state index is -3.86. The van der Waals surface area contributed by atoms with Crippen molar-refractivity contribution in [1.29, 1.82) is 0 Å². The monoisotopic (exact) mass is 313 g/mol. The van der Waals surface area contributed by atoms with E-state index in [-0.39, 0.29) is 16.6 Å². The Labute approximate surface area is 126 Å². The highest BCUT2D eigenvalue weighted by molar-refractivity contribution is 7.89. The highest BCUT2D eigenvalue weighted by Gasteiger charge is 2.18. The zero-order valence-corrected chi connectivity index (χ0v) is 13.7. The van der Waals surface area contributed by atoms with Gasteiger partial charge in [-0.25, -0.2) is 18.4 Å². The number of aryl methyl sites for hydroxylation is 1. The van der Waals surface area contributed by atoms with E-state index >= 15 is 0 Å². The first-order valence-electron chi connectivity index (χ1n) is 7.01. The van der Waals surface area contributed by atoms with Crippen molar-refractivity contribution in [3.8, 4) is 0 Å². The lowest BCUT2D eigenvalue weighted by atomic mass is 10.1. The van der Waals surface area contributed by atoms with Crippen molar-refractivity contribution in [2.45, 2.75) is 51.5 Å². The van der Waals surface area contributed by atoms with E-state index in [1.54, 1.807) is 12.1 Å². The molecule has 1 aromatic carbocycles. The summed E-state index contributed by atoms with van der Waals surface area (Å²) in [6.07, 6.45) is 1.05. The van der Waals surface area contributed by atoms with Gasteiger partial charge in [-0.15, -0.1) is 0 Å². The maximum absolute atomic E-state index is 12.1. The van der Waals surface area contributed by atoms with Crippen LogP contribution < -0.4 is 5.14 Å². The van der Waals surface area contributed by atoms with Gasteiger partial charge in [-0.05, 0) is 43.4 Å². The molecule has 1 atom stereocenters. The zero-order valence-electron chi connectivity index (χ0n) is 12.9. The van der Waals surface area contributed by atoms with Gasteiger partial charge in [0.25, 0.3) is 0 Å². The van der Waals surface area contributed by atoms with E-state index < -0.39 is 16.0 Å². The Morgan fingerprint density at radius 3 is 2.38 bits per heavy atom. The first kappa shape index (κ1) is 17.7. The fourth-order valence-electron chi connectivity index (χ4n) is 2.20. The van der Waals surface area contributed by atoms with Gasteiger partial charge in [0.1, 0.15) is 0 Å². The number of sulfonamides is 1. The molecule has 0 radical (unpaired) electrons. The number of benzene rings is 1. The number of esters is 1. The number of carbonyl (C=O) groups is 1. The van der Waals surface area contributed by atoms with E-state index in [9.17, 15) is 13.2 Å². The second kappa shape index (κ2) is 7.04. The molecule has 2 N–H and O–H groups in total. The maximum Gasteiger partial charge on any atom is 0.338 e. The van der Waals surface area contributed by atoms with Gasteiger partial charge in [0.2, 0.25) is 10.0 Å². The Kier molecular flexibility index (Phi) is 5.92. The largest absolute Gasteiger partial charge is 0.459 e. The van der Waals surface area contributed by atoms with Crippen LogP contribution in [0.2, 0.25) is 0 Å². The van der Waals surface area contributed by atoms with Crippen molar-refractivity contribution in [2.24, 2.45) is 11.1 Å². The van der Waals surface area contributed by atoms with Crippen LogP contribution in [0, 0.1) is 5.92 Å². The lowest BCUT2D eigenvalue weighted by Gasteiger charge is -2.16. The van der Waals surface area contributed by atoms with Crippen molar-refractivity contribution < 1.29 is 17.9 Å². The quantitative estimate of drug-likeness (QED) is 0.817. The number of rotatable bonds is 6. The number of hydrogen-bond acceptors (Lipinski definition) is 4. The molecule has 0 aliphatic rings. The molecule has 0 heterocycles. The summed E-state index contributed by atoms with van der Waals surface area (Å²) in [5.41, 5.74) is 0.788. The standard InChI is InChI=1S/C15H23NO4S/c1-5-12-6-7-13(9-14(12)21(16,18)19)15(17)20-11(4)8-10(2)3/h6-7,9-11H,5,8H2,1-4H3,(H2,16,18,19). The Bertz CT molecular complexity index is 608. The van der Waals surface area contributed by atoms with Crippen molar-refractivity contribution in [3.05, 3.63) is 29.3 Å².